The third-order valence-electron chi connectivity index (χ3n) is 8.15. The molecule has 3 aliphatic rings. The van der Waals surface area contributed by atoms with Gasteiger partial charge in [0.25, 0.3) is 0 Å². The Morgan fingerprint density at radius 3 is 2.55 bits per heavy atom. The van der Waals surface area contributed by atoms with Crippen molar-refractivity contribution in [2.75, 3.05) is 32.4 Å². The Labute approximate surface area is 270 Å². The van der Waals surface area contributed by atoms with Gasteiger partial charge >= 0.3 is 31.1 Å². The number of halogens is 1. The number of anilines is 1. The first-order chi connectivity index (χ1) is 20.0. The number of rotatable bonds is 7. The van der Waals surface area contributed by atoms with Gasteiger partial charge in [-0.1, -0.05) is 6.08 Å². The third-order valence-corrected chi connectivity index (χ3v) is 8.15. The van der Waals surface area contributed by atoms with Crippen LogP contribution in [0.1, 0.15) is 49.8 Å². The van der Waals surface area contributed by atoms with E-state index < -0.39 is 0 Å². The van der Waals surface area contributed by atoms with E-state index in [1.807, 2.05) is 23.1 Å². The molecule has 2 saturated carbocycles. The number of likely N-dealkylation sites (N-methyl/N-ethyl adjacent to an activating group) is 1. The van der Waals surface area contributed by atoms with Gasteiger partial charge in [0.15, 0.2) is 0 Å². The summed E-state index contributed by atoms with van der Waals surface area (Å²) < 4.78 is 14.3. The maximum absolute atomic E-state index is 12.9. The molecule has 1 amide bonds. The van der Waals surface area contributed by atoms with Crippen molar-refractivity contribution < 1.29 is 40.3 Å². The van der Waals surface area contributed by atoms with Gasteiger partial charge in [-0.05, 0) is 50.6 Å². The van der Waals surface area contributed by atoms with Gasteiger partial charge in [-0.15, -0.1) is 17.7 Å². The number of aromatic nitrogens is 3. The van der Waals surface area contributed by atoms with Gasteiger partial charge in [0, 0.05) is 43.3 Å². The van der Waals surface area contributed by atoms with E-state index in [4.69, 9.17) is 10.7 Å². The summed E-state index contributed by atoms with van der Waals surface area (Å²) in [6.07, 6.45) is 11.1. The average Bonchev–Trinajstić information content (AvgIpc) is 3.93. The van der Waals surface area contributed by atoms with E-state index in [-0.39, 0.29) is 48.9 Å². The van der Waals surface area contributed by atoms with Crippen LogP contribution in [0, 0.1) is 49.1 Å². The van der Waals surface area contributed by atoms with Crippen LogP contribution in [0.3, 0.4) is 0 Å². The zero-order valence-electron chi connectivity index (χ0n) is 23.8. The maximum Gasteiger partial charge on any atom is 2.00 e. The van der Waals surface area contributed by atoms with Crippen LogP contribution in [0.2, 0.25) is 0 Å². The summed E-state index contributed by atoms with van der Waals surface area (Å²) in [4.78, 5) is 26.3. The van der Waals surface area contributed by atoms with Crippen LogP contribution >= 0.6 is 0 Å². The topological polar surface area (TPSA) is 80.3 Å². The molecule has 4 aromatic rings. The minimum Gasteiger partial charge on any atom is -0.383 e. The molecule has 0 spiro atoms. The fraction of sp³-hybridized carbons (Fsp3) is 0.364. The van der Waals surface area contributed by atoms with Crippen LogP contribution in [-0.4, -0.2) is 63.0 Å². The molecule has 1 saturated heterocycles. The minimum atomic E-state index is -0.234. The molecule has 2 aromatic heterocycles. The largest absolute Gasteiger partial charge is 2.00 e. The van der Waals surface area contributed by atoms with Crippen LogP contribution < -0.4 is 5.73 Å². The van der Waals surface area contributed by atoms with E-state index in [0.717, 1.165) is 41.7 Å². The fourth-order valence-electron chi connectivity index (χ4n) is 5.76. The third kappa shape index (κ3) is 6.80. The molecule has 0 unspecified atom stereocenters. The summed E-state index contributed by atoms with van der Waals surface area (Å²) in [7, 11) is 2.13. The van der Waals surface area contributed by atoms with Gasteiger partial charge in [0.1, 0.15) is 17.8 Å². The molecule has 2 aliphatic carbocycles. The standard InChI is InChI=1S/C27H31N6O.C6H4F.U/c1-31(20-11-12-20)14-5-8-22(34)32-15-13-21(16-32)33-25(19-9-10-19)23(18-6-3-2-4-7-18)24-26(28)29-17-30-27(24)33;7-6-4-2-1-3-5-6;/h3-8,17,19-21H,9-16H2,1H3,(H2,28,29,30);1-2,4-5H;/q2*-1;+2/b8-5+;;/t21-;;/m1../s1. The molecule has 0 bridgehead atoms. The number of fused-ring (bicyclic) bond motifs is 1. The van der Waals surface area contributed by atoms with E-state index in [9.17, 15) is 9.18 Å². The van der Waals surface area contributed by atoms with Crippen molar-refractivity contribution in [2.45, 2.75) is 50.1 Å². The Hall–Kier alpha value is -2.99. The second-order valence-electron chi connectivity index (χ2n) is 11.2. The van der Waals surface area contributed by atoms with Crippen LogP contribution in [0.4, 0.5) is 10.2 Å². The molecule has 7 rings (SSSR count). The number of benzene rings is 2. The number of nitrogens with two attached hydrogens (primary N) is 1. The monoisotopic (exact) mass is 788 g/mol. The molecule has 7 nitrogen and oxygen atoms in total. The first kappa shape index (κ1) is 30.5. The first-order valence-corrected chi connectivity index (χ1v) is 14.4. The van der Waals surface area contributed by atoms with Gasteiger partial charge in [-0.2, -0.15) is 48.5 Å². The molecule has 42 heavy (non-hydrogen) atoms. The summed E-state index contributed by atoms with van der Waals surface area (Å²) in [6, 6.07) is 20.6. The number of nitrogen functional groups attached to an aromatic ring is 1. The number of nitrogens with zero attached hydrogens (tertiary/aromatic N) is 5. The number of carbonyl (C=O) groups is 1. The number of carbonyl (C=O) groups excluding carboxylic acids is 1. The number of hydrogen-bond donors (Lipinski definition) is 1. The number of likely N-dealkylation sites (tertiary alicyclic amines) is 1. The summed E-state index contributed by atoms with van der Waals surface area (Å²) in [5, 5.41) is 0.934. The smallest absolute Gasteiger partial charge is 0.383 e. The van der Waals surface area contributed by atoms with Gasteiger partial charge in [-0.3, -0.25) is 14.1 Å². The molecule has 3 fully saturated rings. The van der Waals surface area contributed by atoms with E-state index in [2.05, 4.69) is 45.8 Å². The van der Waals surface area contributed by atoms with Crippen LogP contribution in [0.5, 0.6) is 0 Å². The van der Waals surface area contributed by atoms with E-state index in [1.165, 1.54) is 43.5 Å². The zero-order chi connectivity index (χ0) is 28.3. The molecule has 0 radical (unpaired) electrons. The predicted molar refractivity (Wildman–Crippen MR) is 158 cm³/mol. The minimum absolute atomic E-state index is 0. The van der Waals surface area contributed by atoms with Gasteiger partial charge in [-0.25, -0.2) is 9.97 Å². The molecule has 214 valence electrons. The normalized spacial score (nSPS) is 18.3. The molecule has 1 aliphatic heterocycles. The van der Waals surface area contributed by atoms with Crippen molar-refractivity contribution in [2.24, 2.45) is 0 Å². The summed E-state index contributed by atoms with van der Waals surface area (Å²) in [5.41, 5.74) is 10.9. The number of hydrogen-bond acceptors (Lipinski definition) is 5. The second kappa shape index (κ2) is 13.5. The molecule has 2 aromatic carbocycles. The zero-order valence-corrected chi connectivity index (χ0v) is 28.0. The van der Waals surface area contributed by atoms with Crippen molar-refractivity contribution in [3.63, 3.8) is 0 Å². The SMILES string of the molecule is CN(C/C=C/C(=O)N1CC[C@@H](n2c(C3CC3)c(-c3cc[c-]cc3)c3c(N)ncnc32)C1)C1CC1.Fc1c[c-]ccc1.[U+2]. The van der Waals surface area contributed by atoms with Crippen LogP contribution in [-0.2, 0) is 4.79 Å². The van der Waals surface area contributed by atoms with Crippen LogP contribution in [0.15, 0.2) is 67.0 Å². The molecule has 3 heterocycles. The molecule has 2 N–H and O–H groups in total. The Morgan fingerprint density at radius 1 is 1.12 bits per heavy atom. The van der Waals surface area contributed by atoms with Gasteiger partial charge in [0.05, 0.1) is 11.4 Å². The van der Waals surface area contributed by atoms with E-state index in [0.29, 0.717) is 24.3 Å². The fourth-order valence-corrected chi connectivity index (χ4v) is 5.76. The summed E-state index contributed by atoms with van der Waals surface area (Å²) in [6.45, 7) is 2.28. The quantitative estimate of drug-likeness (QED) is 0.201. The van der Waals surface area contributed by atoms with E-state index in [1.54, 1.807) is 24.5 Å². The van der Waals surface area contributed by atoms with Crippen molar-refractivity contribution in [3.05, 3.63) is 90.7 Å². The molecular formula is C33H35FN6OU. The van der Waals surface area contributed by atoms with Crippen molar-refractivity contribution >= 4 is 22.8 Å². The average molecular weight is 789 g/mol. The van der Waals surface area contributed by atoms with E-state index >= 15 is 0 Å². The number of amides is 1. The van der Waals surface area contributed by atoms with Gasteiger partial charge < -0.3 is 15.2 Å². The molecular weight excluding hydrogens is 753 g/mol. The van der Waals surface area contributed by atoms with Crippen LogP contribution in [0.25, 0.3) is 22.2 Å². The Bertz CT molecular complexity index is 1530. The Morgan fingerprint density at radius 2 is 1.90 bits per heavy atom. The Balaban J connectivity index is 0.000000389. The van der Waals surface area contributed by atoms with Crippen molar-refractivity contribution in [1.82, 2.24) is 24.3 Å². The summed E-state index contributed by atoms with van der Waals surface area (Å²) >= 11 is 0. The molecule has 9 heteroatoms. The molecule has 1 atom stereocenters. The maximum atomic E-state index is 12.9. The van der Waals surface area contributed by atoms with Crippen molar-refractivity contribution in [1.29, 1.82) is 0 Å². The second-order valence-corrected chi connectivity index (χ2v) is 11.2. The van der Waals surface area contributed by atoms with Crippen molar-refractivity contribution in [3.8, 4) is 11.1 Å². The Kier molecular flexibility index (Phi) is 9.82. The van der Waals surface area contributed by atoms with Gasteiger partial charge in [0.2, 0.25) is 5.91 Å². The predicted octanol–water partition coefficient (Wildman–Crippen LogP) is 5.41. The first-order valence-electron chi connectivity index (χ1n) is 14.4. The summed E-state index contributed by atoms with van der Waals surface area (Å²) in [5.74, 6) is 0.879.